The summed E-state index contributed by atoms with van der Waals surface area (Å²) in [5.41, 5.74) is 1.93. The van der Waals surface area contributed by atoms with E-state index in [1.165, 1.54) is 4.90 Å². The first-order chi connectivity index (χ1) is 15.5. The van der Waals surface area contributed by atoms with Crippen LogP contribution in [0.3, 0.4) is 0 Å². The molecule has 1 aliphatic rings. The van der Waals surface area contributed by atoms with Crippen molar-refractivity contribution in [3.63, 3.8) is 0 Å². The minimum atomic E-state index is -0.999. The van der Waals surface area contributed by atoms with E-state index < -0.39 is 30.1 Å². The largest absolute Gasteiger partial charge is 0.480 e. The highest BCUT2D eigenvalue weighted by molar-refractivity contribution is 5.88. The monoisotopic (exact) mass is 438 g/mol. The standard InChI is InChI=1S/C25H30N2O5/c1-18(26-21(24(29)30)15-14-19-9-4-2-5-10-19)23(28)27-16-8-13-22(27)25(31)32-17-20-11-6-3-7-12-20/h2-7,9-12,18,21-22,26H,8,13-17H2,1H3,(H,29,30)/t18-,21-,22-/m0/s1. The Morgan fingerprint density at radius 2 is 1.69 bits per heavy atom. The van der Waals surface area contributed by atoms with Crippen LogP contribution in [0.4, 0.5) is 0 Å². The van der Waals surface area contributed by atoms with Crippen molar-refractivity contribution in [3.8, 4) is 0 Å². The lowest BCUT2D eigenvalue weighted by molar-refractivity contribution is -0.155. The summed E-state index contributed by atoms with van der Waals surface area (Å²) in [7, 11) is 0. The minimum absolute atomic E-state index is 0.159. The van der Waals surface area contributed by atoms with Gasteiger partial charge >= 0.3 is 11.9 Å². The highest BCUT2D eigenvalue weighted by Gasteiger charge is 2.37. The molecule has 32 heavy (non-hydrogen) atoms. The summed E-state index contributed by atoms with van der Waals surface area (Å²) in [5.74, 6) is -1.71. The minimum Gasteiger partial charge on any atom is -0.480 e. The topological polar surface area (TPSA) is 95.9 Å². The molecule has 2 aromatic rings. The van der Waals surface area contributed by atoms with Gasteiger partial charge in [0, 0.05) is 6.54 Å². The molecule has 2 N–H and O–H groups in total. The van der Waals surface area contributed by atoms with E-state index in [0.717, 1.165) is 11.1 Å². The summed E-state index contributed by atoms with van der Waals surface area (Å²) >= 11 is 0. The maximum Gasteiger partial charge on any atom is 0.329 e. The van der Waals surface area contributed by atoms with Crippen molar-refractivity contribution >= 4 is 17.8 Å². The van der Waals surface area contributed by atoms with Crippen LogP contribution in [0, 0.1) is 0 Å². The number of carbonyl (C=O) groups excluding carboxylic acids is 2. The molecule has 2 aromatic carbocycles. The number of amides is 1. The zero-order chi connectivity index (χ0) is 22.9. The lowest BCUT2D eigenvalue weighted by atomic mass is 10.0. The van der Waals surface area contributed by atoms with E-state index >= 15 is 0 Å². The van der Waals surface area contributed by atoms with Gasteiger partial charge in [-0.25, -0.2) is 4.79 Å². The Bertz CT molecular complexity index is 903. The first kappa shape index (κ1) is 23.5. The van der Waals surface area contributed by atoms with Gasteiger partial charge in [0.25, 0.3) is 0 Å². The van der Waals surface area contributed by atoms with Gasteiger partial charge in [-0.3, -0.25) is 14.9 Å². The van der Waals surface area contributed by atoms with Crippen LogP contribution in [-0.4, -0.2) is 52.5 Å². The number of rotatable bonds is 10. The van der Waals surface area contributed by atoms with Crippen LogP contribution in [0.5, 0.6) is 0 Å². The fourth-order valence-electron chi connectivity index (χ4n) is 3.96. The summed E-state index contributed by atoms with van der Waals surface area (Å²) in [5, 5.41) is 12.5. The van der Waals surface area contributed by atoms with E-state index in [1.807, 2.05) is 60.7 Å². The van der Waals surface area contributed by atoms with Crippen molar-refractivity contribution in [2.75, 3.05) is 6.54 Å². The molecular formula is C25H30N2O5. The molecule has 0 bridgehead atoms. The molecule has 1 heterocycles. The molecule has 1 fully saturated rings. The second kappa shape index (κ2) is 11.4. The summed E-state index contributed by atoms with van der Waals surface area (Å²) in [6.45, 7) is 2.26. The van der Waals surface area contributed by atoms with Crippen molar-refractivity contribution in [1.82, 2.24) is 10.2 Å². The SMILES string of the molecule is C[C@H](N[C@@H](CCc1ccccc1)C(=O)O)C(=O)N1CCC[C@H]1C(=O)OCc1ccccc1. The molecule has 0 unspecified atom stereocenters. The summed E-state index contributed by atoms with van der Waals surface area (Å²) in [6, 6.07) is 16.8. The van der Waals surface area contributed by atoms with Gasteiger partial charge in [-0.1, -0.05) is 60.7 Å². The number of ether oxygens (including phenoxy) is 1. The van der Waals surface area contributed by atoms with E-state index in [0.29, 0.717) is 32.2 Å². The lowest BCUT2D eigenvalue weighted by Crippen LogP contribution is -2.53. The number of aliphatic carboxylic acids is 1. The molecule has 0 aromatic heterocycles. The van der Waals surface area contributed by atoms with Gasteiger partial charge in [-0.05, 0) is 43.7 Å². The third kappa shape index (κ3) is 6.40. The highest BCUT2D eigenvalue weighted by Crippen LogP contribution is 2.20. The lowest BCUT2D eigenvalue weighted by Gasteiger charge is -2.28. The molecule has 1 amide bonds. The predicted molar refractivity (Wildman–Crippen MR) is 120 cm³/mol. The first-order valence-electron chi connectivity index (χ1n) is 11.0. The number of esters is 1. The Balaban J connectivity index is 1.55. The van der Waals surface area contributed by atoms with Crippen LogP contribution >= 0.6 is 0 Å². The maximum absolute atomic E-state index is 13.0. The molecule has 0 spiro atoms. The number of carboxylic acids is 1. The fraction of sp³-hybridized carbons (Fsp3) is 0.400. The van der Waals surface area contributed by atoms with Crippen molar-refractivity contribution in [1.29, 1.82) is 0 Å². The quantitative estimate of drug-likeness (QED) is 0.554. The van der Waals surface area contributed by atoms with Crippen LogP contribution in [0.25, 0.3) is 0 Å². The molecule has 3 atom stereocenters. The smallest absolute Gasteiger partial charge is 0.329 e. The fourth-order valence-corrected chi connectivity index (χ4v) is 3.96. The number of carbonyl (C=O) groups is 3. The molecule has 1 saturated heterocycles. The Labute approximate surface area is 188 Å². The van der Waals surface area contributed by atoms with Gasteiger partial charge in [-0.15, -0.1) is 0 Å². The van der Waals surface area contributed by atoms with Crippen LogP contribution in [-0.2, 0) is 32.1 Å². The van der Waals surface area contributed by atoms with E-state index in [9.17, 15) is 19.5 Å². The second-order valence-electron chi connectivity index (χ2n) is 8.09. The van der Waals surface area contributed by atoms with Crippen molar-refractivity contribution in [2.24, 2.45) is 0 Å². The molecule has 0 radical (unpaired) electrons. The average molecular weight is 439 g/mol. The van der Waals surface area contributed by atoms with Crippen molar-refractivity contribution in [3.05, 3.63) is 71.8 Å². The van der Waals surface area contributed by atoms with Crippen molar-refractivity contribution < 1.29 is 24.2 Å². The van der Waals surface area contributed by atoms with Gasteiger partial charge in [0.05, 0.1) is 6.04 Å². The van der Waals surface area contributed by atoms with Gasteiger partial charge in [-0.2, -0.15) is 0 Å². The number of nitrogens with one attached hydrogen (secondary N) is 1. The van der Waals surface area contributed by atoms with Crippen LogP contribution < -0.4 is 5.32 Å². The van der Waals surface area contributed by atoms with Crippen LogP contribution in [0.15, 0.2) is 60.7 Å². The maximum atomic E-state index is 13.0. The normalized spacial score (nSPS) is 17.5. The summed E-state index contributed by atoms with van der Waals surface area (Å²) < 4.78 is 5.43. The number of hydrogen-bond donors (Lipinski definition) is 2. The molecule has 7 heteroatoms. The van der Waals surface area contributed by atoms with Crippen LogP contribution in [0.2, 0.25) is 0 Å². The number of aryl methyl sites for hydroxylation is 1. The molecule has 170 valence electrons. The molecule has 3 rings (SSSR count). The Morgan fingerprint density at radius 3 is 2.31 bits per heavy atom. The van der Waals surface area contributed by atoms with E-state index in [4.69, 9.17) is 4.74 Å². The Morgan fingerprint density at radius 1 is 1.06 bits per heavy atom. The van der Waals surface area contributed by atoms with E-state index in [-0.39, 0.29) is 12.5 Å². The van der Waals surface area contributed by atoms with Crippen molar-refractivity contribution in [2.45, 2.75) is 57.3 Å². The molecule has 1 aliphatic heterocycles. The average Bonchev–Trinajstić information content (AvgIpc) is 3.30. The first-order valence-corrected chi connectivity index (χ1v) is 11.0. The third-order valence-corrected chi connectivity index (χ3v) is 5.72. The zero-order valence-electron chi connectivity index (χ0n) is 18.3. The molecule has 0 saturated carbocycles. The number of nitrogens with zero attached hydrogens (tertiary/aromatic N) is 1. The van der Waals surface area contributed by atoms with Crippen LogP contribution in [0.1, 0.15) is 37.3 Å². The zero-order valence-corrected chi connectivity index (χ0v) is 18.3. The molecule has 0 aliphatic carbocycles. The highest BCUT2D eigenvalue weighted by atomic mass is 16.5. The number of hydrogen-bond acceptors (Lipinski definition) is 5. The Kier molecular flexibility index (Phi) is 8.39. The summed E-state index contributed by atoms with van der Waals surface area (Å²) in [4.78, 5) is 38.9. The van der Waals surface area contributed by atoms with Gasteiger partial charge in [0.2, 0.25) is 5.91 Å². The van der Waals surface area contributed by atoms with E-state index in [1.54, 1.807) is 6.92 Å². The van der Waals surface area contributed by atoms with Gasteiger partial charge < -0.3 is 14.7 Å². The number of benzene rings is 2. The molecular weight excluding hydrogens is 408 g/mol. The van der Waals surface area contributed by atoms with E-state index in [2.05, 4.69) is 5.32 Å². The van der Waals surface area contributed by atoms with Gasteiger partial charge in [0.1, 0.15) is 18.7 Å². The Hall–Kier alpha value is -3.19. The number of carboxylic acid groups (broad SMARTS) is 1. The van der Waals surface area contributed by atoms with Gasteiger partial charge in [0.15, 0.2) is 0 Å². The summed E-state index contributed by atoms with van der Waals surface area (Å²) in [6.07, 6.45) is 2.20. The molecule has 7 nitrogen and oxygen atoms in total. The number of likely N-dealkylation sites (tertiary alicyclic amines) is 1. The third-order valence-electron chi connectivity index (χ3n) is 5.72. The predicted octanol–water partition coefficient (Wildman–Crippen LogP) is 2.78. The second-order valence-corrected chi connectivity index (χ2v) is 8.09.